The molecule has 1 atom stereocenters. The van der Waals surface area contributed by atoms with E-state index in [0.29, 0.717) is 19.3 Å². The predicted octanol–water partition coefficient (Wildman–Crippen LogP) is 2.30. The maximum Gasteiger partial charge on any atom is 0.329 e. The highest BCUT2D eigenvalue weighted by Crippen LogP contribution is 2.32. The summed E-state index contributed by atoms with van der Waals surface area (Å²) in [5.41, 5.74) is 0.0867. The molecule has 4 heteroatoms. The first kappa shape index (κ1) is 13.6. The van der Waals surface area contributed by atoms with Crippen LogP contribution in [0.4, 0.5) is 0 Å². The molecule has 4 nitrogen and oxygen atoms in total. The third-order valence-electron chi connectivity index (χ3n) is 3.86. The molecule has 0 bridgehead atoms. The van der Waals surface area contributed by atoms with Gasteiger partial charge in [0.15, 0.2) is 0 Å². The van der Waals surface area contributed by atoms with Crippen LogP contribution in [0, 0.1) is 0 Å². The molecule has 1 aromatic rings. The average molecular weight is 261 g/mol. The van der Waals surface area contributed by atoms with Gasteiger partial charge in [-0.15, -0.1) is 0 Å². The van der Waals surface area contributed by atoms with Gasteiger partial charge in [0.25, 0.3) is 0 Å². The molecule has 0 spiro atoms. The summed E-state index contributed by atoms with van der Waals surface area (Å²) in [6.45, 7) is 1.98. The molecule has 1 aliphatic carbocycles. The second-order valence-electron chi connectivity index (χ2n) is 5.30. The van der Waals surface area contributed by atoms with Crippen molar-refractivity contribution in [2.24, 2.45) is 0 Å². The predicted molar refractivity (Wildman–Crippen MR) is 71.8 cm³/mol. The van der Waals surface area contributed by atoms with E-state index in [9.17, 15) is 9.59 Å². The van der Waals surface area contributed by atoms with Crippen LogP contribution in [0.1, 0.15) is 44.1 Å². The molecule has 1 fully saturated rings. The van der Waals surface area contributed by atoms with Gasteiger partial charge in [-0.1, -0.05) is 37.3 Å². The van der Waals surface area contributed by atoms with Gasteiger partial charge in [0, 0.05) is 6.42 Å². The van der Waals surface area contributed by atoms with Crippen LogP contribution >= 0.6 is 0 Å². The lowest BCUT2D eigenvalue weighted by atomic mass is 9.76. The molecule has 2 rings (SSSR count). The van der Waals surface area contributed by atoms with Crippen molar-refractivity contribution in [3.63, 3.8) is 0 Å². The van der Waals surface area contributed by atoms with Crippen LogP contribution in [-0.4, -0.2) is 22.5 Å². The van der Waals surface area contributed by atoms with Crippen molar-refractivity contribution in [3.05, 3.63) is 35.9 Å². The number of hydrogen-bond acceptors (Lipinski definition) is 2. The number of benzene rings is 1. The molecule has 0 heterocycles. The van der Waals surface area contributed by atoms with E-state index in [4.69, 9.17) is 5.11 Å². The number of carboxylic acids is 1. The van der Waals surface area contributed by atoms with Crippen LogP contribution in [0.5, 0.6) is 0 Å². The van der Waals surface area contributed by atoms with E-state index in [1.807, 2.05) is 37.3 Å². The molecule has 19 heavy (non-hydrogen) atoms. The second kappa shape index (κ2) is 5.43. The third kappa shape index (κ3) is 2.95. The molecule has 0 aliphatic heterocycles. The molecule has 0 unspecified atom stereocenters. The molecular weight excluding hydrogens is 242 g/mol. The topological polar surface area (TPSA) is 66.4 Å². The van der Waals surface area contributed by atoms with Crippen molar-refractivity contribution in [1.29, 1.82) is 0 Å². The molecule has 1 amide bonds. The second-order valence-corrected chi connectivity index (χ2v) is 5.30. The standard InChI is InChI=1S/C15H19NO3/c1-11(12-6-3-2-4-7-12)10-13(17)16-15(14(18)19)8-5-9-15/h2-4,6-7,11H,5,8-10H2,1H3,(H,16,17)(H,18,19)/t11-/m1/s1. The highest BCUT2D eigenvalue weighted by molar-refractivity contribution is 5.88. The summed E-state index contributed by atoms with van der Waals surface area (Å²) in [5.74, 6) is -1.01. The van der Waals surface area contributed by atoms with Gasteiger partial charge in [-0.25, -0.2) is 4.79 Å². The summed E-state index contributed by atoms with van der Waals surface area (Å²) in [4.78, 5) is 23.1. The fourth-order valence-corrected chi connectivity index (χ4v) is 2.42. The maximum absolute atomic E-state index is 12.0. The Balaban J connectivity index is 1.93. The van der Waals surface area contributed by atoms with Crippen molar-refractivity contribution in [2.75, 3.05) is 0 Å². The van der Waals surface area contributed by atoms with Crippen molar-refractivity contribution in [2.45, 2.75) is 44.1 Å². The molecular formula is C15H19NO3. The van der Waals surface area contributed by atoms with E-state index >= 15 is 0 Å². The number of nitrogens with one attached hydrogen (secondary N) is 1. The number of aliphatic carboxylic acids is 1. The van der Waals surface area contributed by atoms with Crippen LogP contribution in [0.2, 0.25) is 0 Å². The minimum Gasteiger partial charge on any atom is -0.480 e. The number of carbonyl (C=O) groups is 2. The Morgan fingerprint density at radius 3 is 2.42 bits per heavy atom. The molecule has 1 aromatic carbocycles. The molecule has 0 saturated heterocycles. The van der Waals surface area contributed by atoms with Gasteiger partial charge < -0.3 is 10.4 Å². The Kier molecular flexibility index (Phi) is 3.88. The molecule has 1 aliphatic rings. The largest absolute Gasteiger partial charge is 0.480 e. The van der Waals surface area contributed by atoms with E-state index in [1.165, 1.54) is 0 Å². The van der Waals surface area contributed by atoms with E-state index in [0.717, 1.165) is 12.0 Å². The summed E-state index contributed by atoms with van der Waals surface area (Å²) in [6.07, 6.45) is 2.25. The average Bonchev–Trinajstić information content (AvgIpc) is 2.34. The third-order valence-corrected chi connectivity index (χ3v) is 3.86. The zero-order valence-corrected chi connectivity index (χ0v) is 11.1. The van der Waals surface area contributed by atoms with Crippen molar-refractivity contribution in [1.82, 2.24) is 5.32 Å². The SMILES string of the molecule is C[C@H](CC(=O)NC1(C(=O)O)CCC1)c1ccccc1. The Morgan fingerprint density at radius 2 is 1.95 bits per heavy atom. The summed E-state index contributed by atoms with van der Waals surface area (Å²) in [5, 5.41) is 11.9. The van der Waals surface area contributed by atoms with Crippen LogP contribution in [-0.2, 0) is 9.59 Å². The number of hydrogen-bond donors (Lipinski definition) is 2. The lowest BCUT2D eigenvalue weighted by Gasteiger charge is -2.38. The molecule has 0 aromatic heterocycles. The van der Waals surface area contributed by atoms with E-state index < -0.39 is 11.5 Å². The van der Waals surface area contributed by atoms with Crippen LogP contribution in [0.15, 0.2) is 30.3 Å². The molecule has 1 saturated carbocycles. The number of amides is 1. The van der Waals surface area contributed by atoms with E-state index in [-0.39, 0.29) is 11.8 Å². The van der Waals surface area contributed by atoms with Crippen molar-refractivity contribution < 1.29 is 14.7 Å². The lowest BCUT2D eigenvalue weighted by Crippen LogP contribution is -2.59. The normalized spacial score (nSPS) is 18.2. The zero-order chi connectivity index (χ0) is 13.9. The van der Waals surface area contributed by atoms with E-state index in [2.05, 4.69) is 5.32 Å². The Labute approximate surface area is 112 Å². The van der Waals surface area contributed by atoms with Gasteiger partial charge in [0.2, 0.25) is 5.91 Å². The fourth-order valence-electron chi connectivity index (χ4n) is 2.42. The first-order chi connectivity index (χ1) is 9.03. The Bertz CT molecular complexity index is 466. The highest BCUT2D eigenvalue weighted by atomic mass is 16.4. The summed E-state index contributed by atoms with van der Waals surface area (Å²) >= 11 is 0. The van der Waals surface area contributed by atoms with Gasteiger partial charge in [0.05, 0.1) is 0 Å². The Hall–Kier alpha value is -1.84. The van der Waals surface area contributed by atoms with Gasteiger partial charge in [-0.3, -0.25) is 4.79 Å². The quantitative estimate of drug-likeness (QED) is 0.854. The van der Waals surface area contributed by atoms with Gasteiger partial charge in [-0.05, 0) is 30.7 Å². The molecule has 102 valence electrons. The number of carboxylic acid groups (broad SMARTS) is 1. The maximum atomic E-state index is 12.0. The van der Waals surface area contributed by atoms with Gasteiger partial charge in [-0.2, -0.15) is 0 Å². The molecule has 0 radical (unpaired) electrons. The number of carbonyl (C=O) groups excluding carboxylic acids is 1. The van der Waals surface area contributed by atoms with Crippen molar-refractivity contribution >= 4 is 11.9 Å². The first-order valence-electron chi connectivity index (χ1n) is 6.63. The van der Waals surface area contributed by atoms with Crippen molar-refractivity contribution in [3.8, 4) is 0 Å². The van der Waals surface area contributed by atoms with E-state index in [1.54, 1.807) is 0 Å². The summed E-state index contributed by atoms with van der Waals surface area (Å²) < 4.78 is 0. The lowest BCUT2D eigenvalue weighted by molar-refractivity contribution is -0.151. The number of rotatable bonds is 5. The first-order valence-corrected chi connectivity index (χ1v) is 6.63. The van der Waals surface area contributed by atoms with Crippen LogP contribution in [0.25, 0.3) is 0 Å². The summed E-state index contributed by atoms with van der Waals surface area (Å²) in [6, 6.07) is 9.77. The fraction of sp³-hybridized carbons (Fsp3) is 0.467. The highest BCUT2D eigenvalue weighted by Gasteiger charge is 2.45. The van der Waals surface area contributed by atoms with Crippen LogP contribution < -0.4 is 5.32 Å². The minimum atomic E-state index is -1.01. The summed E-state index contributed by atoms with van der Waals surface area (Å²) in [7, 11) is 0. The van der Waals surface area contributed by atoms with Gasteiger partial charge >= 0.3 is 5.97 Å². The van der Waals surface area contributed by atoms with Gasteiger partial charge in [0.1, 0.15) is 5.54 Å². The monoisotopic (exact) mass is 261 g/mol. The molecule has 2 N–H and O–H groups in total. The zero-order valence-electron chi connectivity index (χ0n) is 11.1. The van der Waals surface area contributed by atoms with Crippen LogP contribution in [0.3, 0.4) is 0 Å². The smallest absolute Gasteiger partial charge is 0.329 e. The minimum absolute atomic E-state index is 0.0899. The Morgan fingerprint density at radius 1 is 1.32 bits per heavy atom.